The summed E-state index contributed by atoms with van der Waals surface area (Å²) in [5.41, 5.74) is 2.07. The molecule has 13 saturated carbocycles. The Morgan fingerprint density at radius 3 is 1.26 bits per heavy atom. The molecule has 0 aliphatic heterocycles. The number of hydrogen-bond donors (Lipinski definition) is 6. The minimum Gasteiger partial charge on any atom is -0.392 e. The molecule has 0 radical (unpaired) electrons. The first-order valence-corrected chi connectivity index (χ1v) is 33.1. The highest BCUT2D eigenvalue weighted by Gasteiger charge is 2.80. The molecule has 0 heterocycles. The van der Waals surface area contributed by atoms with Crippen LogP contribution in [-0.2, 0) is 14.4 Å². The van der Waals surface area contributed by atoms with Gasteiger partial charge in [0.25, 0.3) is 0 Å². The fourth-order valence-corrected chi connectivity index (χ4v) is 25.8. The van der Waals surface area contributed by atoms with Crippen molar-refractivity contribution in [3.63, 3.8) is 0 Å². The Morgan fingerprint density at radius 2 is 0.838 bits per heavy atom. The number of aliphatic hydroxyl groups excluding tert-OH is 3. The van der Waals surface area contributed by atoms with Gasteiger partial charge in [-0.3, -0.25) is 14.4 Å². The molecule has 17 aliphatic carbocycles. The molecule has 13 fully saturated rings. The summed E-state index contributed by atoms with van der Waals surface area (Å²) in [6, 6.07) is 0. The molecule has 11 unspecified atom stereocenters. The Labute approximate surface area is 476 Å². The quantitative estimate of drug-likeness (QED) is 0.123. The highest BCUT2D eigenvalue weighted by atomic mass is 16.3. The standard InChI is InChI=1S/2C24H32O3.C23H30O3/c2*1-2-23-8-6-15-14-5-4-13(26)10-16(14)17-11-18(17)21(15)22(23)19-12-20(19)24(23,27)7-3-9-25;1-2-22-10-8-17-16-7-5-15(25)12-14(16)4-6-18(17)21(22)19-13-20(19)23(22,26)9-3-11-24/h2*3,7,10,14-15,17-22,25,27H,2,4-6,8-9,11-12H2,1H3;3-4,6,9,12,16-21,24,26H,2,5,7-8,10-11,13H2,1H3/b2*7-3-;9-3-/t14-,15?,17?,18?,19-,20+,21?,22?,23+,24+;14-,15?,17+,18+,19-,20+,21?,22?,23+,24+;16-,17?,18?,19+,20-,21?,22-,23-/m110/s1. The summed E-state index contributed by atoms with van der Waals surface area (Å²) < 4.78 is 0. The van der Waals surface area contributed by atoms with Crippen LogP contribution >= 0.6 is 0 Å². The minimum atomic E-state index is -0.753. The summed E-state index contributed by atoms with van der Waals surface area (Å²) in [5.74, 6) is 14.9. The van der Waals surface area contributed by atoms with Gasteiger partial charge in [-0.1, -0.05) is 80.5 Å². The van der Waals surface area contributed by atoms with Crippen LogP contribution in [0.5, 0.6) is 0 Å². The van der Waals surface area contributed by atoms with Gasteiger partial charge in [0.2, 0.25) is 0 Å². The second-order valence-electron chi connectivity index (χ2n) is 30.3. The smallest absolute Gasteiger partial charge is 0.155 e. The molecule has 0 spiro atoms. The van der Waals surface area contributed by atoms with E-state index in [1.807, 2.05) is 36.5 Å². The van der Waals surface area contributed by atoms with E-state index >= 15 is 0 Å². The van der Waals surface area contributed by atoms with Gasteiger partial charge in [0, 0.05) is 35.5 Å². The van der Waals surface area contributed by atoms with Crippen molar-refractivity contribution < 1.29 is 45.0 Å². The van der Waals surface area contributed by atoms with Crippen LogP contribution in [0.25, 0.3) is 0 Å². The first-order valence-electron chi connectivity index (χ1n) is 33.1. The largest absolute Gasteiger partial charge is 0.392 e. The Kier molecular flexibility index (Phi) is 12.6. The molecular formula is C71H94O9. The summed E-state index contributed by atoms with van der Waals surface area (Å²) in [5, 5.41) is 63.5. The van der Waals surface area contributed by atoms with Gasteiger partial charge in [0.1, 0.15) is 0 Å². The third kappa shape index (κ3) is 7.12. The van der Waals surface area contributed by atoms with Crippen LogP contribution in [0.2, 0.25) is 0 Å². The maximum Gasteiger partial charge on any atom is 0.155 e. The van der Waals surface area contributed by atoms with E-state index in [1.165, 1.54) is 55.2 Å². The van der Waals surface area contributed by atoms with Crippen LogP contribution in [0.15, 0.2) is 83.6 Å². The Balaban J connectivity index is 0.000000104. The van der Waals surface area contributed by atoms with E-state index in [0.29, 0.717) is 113 Å². The number of aliphatic hydroxyl groups is 6. The highest BCUT2D eigenvalue weighted by molar-refractivity contribution is 5.92. The summed E-state index contributed by atoms with van der Waals surface area (Å²) in [6.07, 6.45) is 43.1. The van der Waals surface area contributed by atoms with Gasteiger partial charge < -0.3 is 30.6 Å². The predicted octanol–water partition coefficient (Wildman–Crippen LogP) is 10.4. The number of hydrogen-bond acceptors (Lipinski definition) is 9. The van der Waals surface area contributed by atoms with Crippen molar-refractivity contribution in [1.82, 2.24) is 0 Å². The molecule has 0 aromatic rings. The van der Waals surface area contributed by atoms with E-state index in [9.17, 15) is 45.0 Å². The van der Waals surface area contributed by atoms with Gasteiger partial charge in [-0.05, 0) is 263 Å². The van der Waals surface area contributed by atoms with E-state index < -0.39 is 16.8 Å². The fraction of sp³-hybridized carbons (Fsp3) is 0.761. The van der Waals surface area contributed by atoms with Gasteiger partial charge in [0.05, 0.1) is 36.6 Å². The number of carbonyl (C=O) groups excluding carboxylic acids is 3. The zero-order chi connectivity index (χ0) is 55.2. The molecule has 6 N–H and O–H groups in total. The van der Waals surface area contributed by atoms with Crippen LogP contribution < -0.4 is 0 Å². The van der Waals surface area contributed by atoms with Crippen molar-refractivity contribution >= 4 is 17.3 Å². The normalized spacial score (nSPS) is 55.4. The number of carbonyl (C=O) groups is 3. The molecule has 0 saturated heterocycles. The summed E-state index contributed by atoms with van der Waals surface area (Å²) in [6.45, 7) is 6.85. The molecular weight excluding hydrogens is 997 g/mol. The zero-order valence-corrected chi connectivity index (χ0v) is 48.2. The third-order valence-corrected chi connectivity index (χ3v) is 28.7. The average Bonchev–Trinajstić information content (AvgIpc) is 2.19. The van der Waals surface area contributed by atoms with Crippen LogP contribution in [0.3, 0.4) is 0 Å². The monoisotopic (exact) mass is 1090 g/mol. The topological polar surface area (TPSA) is 173 Å². The van der Waals surface area contributed by atoms with Crippen molar-refractivity contribution in [2.75, 3.05) is 19.8 Å². The Hall–Kier alpha value is -3.05. The summed E-state index contributed by atoms with van der Waals surface area (Å²) >= 11 is 0. The van der Waals surface area contributed by atoms with Crippen LogP contribution in [0, 0.1) is 146 Å². The number of fused-ring (bicyclic) bond motifs is 27. The Bertz CT molecular complexity index is 2690. The SMILES string of the molecule is CC[C@]12CCC3C(C1[C@@H]1C[C@@H]1[C@@]2(O)/C=C\CO)[C@H]1C[C@H]1C1=CC(=O)CC[C@@H]13.CC[C@]12CCC3C(C4CC4C4=CC(=O)CC[C@@H]43)C1[C@@H]1C[C@@H]1[C@@]2(O)/C=C\CO.CC[C@]12CCC3C(C=CC4=CC(=O)CC[C@@H]43)C1[C@@H]1C[C@@H]1[C@@]2(O)/C=C\CO. The molecule has 432 valence electrons. The summed E-state index contributed by atoms with van der Waals surface area (Å²) in [7, 11) is 0. The maximum absolute atomic E-state index is 12.0. The molecule has 0 aromatic carbocycles. The lowest BCUT2D eigenvalue weighted by molar-refractivity contribution is -0.130. The van der Waals surface area contributed by atoms with E-state index in [4.69, 9.17) is 0 Å². The van der Waals surface area contributed by atoms with E-state index in [1.54, 1.807) is 18.2 Å². The van der Waals surface area contributed by atoms with Crippen molar-refractivity contribution in [3.8, 4) is 0 Å². The van der Waals surface area contributed by atoms with Gasteiger partial charge in [-0.15, -0.1) is 0 Å². The molecule has 0 amide bonds. The third-order valence-electron chi connectivity index (χ3n) is 28.7. The number of ketones is 3. The molecule has 80 heavy (non-hydrogen) atoms. The predicted molar refractivity (Wildman–Crippen MR) is 305 cm³/mol. The van der Waals surface area contributed by atoms with Gasteiger partial charge in [-0.2, -0.15) is 0 Å². The van der Waals surface area contributed by atoms with Gasteiger partial charge in [0.15, 0.2) is 17.3 Å². The number of allylic oxidation sites excluding steroid dienone is 6. The molecule has 17 aliphatic rings. The molecule has 9 nitrogen and oxygen atoms in total. The molecule has 28 atom stereocenters. The lowest BCUT2D eigenvalue weighted by atomic mass is 9.47. The second-order valence-corrected chi connectivity index (χ2v) is 30.3. The fourth-order valence-electron chi connectivity index (χ4n) is 25.8. The zero-order valence-electron chi connectivity index (χ0n) is 48.2. The van der Waals surface area contributed by atoms with Crippen molar-refractivity contribution in [2.45, 2.75) is 166 Å². The van der Waals surface area contributed by atoms with Crippen molar-refractivity contribution in [2.24, 2.45) is 146 Å². The van der Waals surface area contributed by atoms with E-state index in [2.05, 4.69) is 32.9 Å². The van der Waals surface area contributed by atoms with Crippen LogP contribution in [0.1, 0.15) is 149 Å². The summed E-state index contributed by atoms with van der Waals surface area (Å²) in [4.78, 5) is 35.9. The molecule has 0 aromatic heterocycles. The molecule has 9 heteroatoms. The first kappa shape index (κ1) is 53.7. The van der Waals surface area contributed by atoms with E-state index in [-0.39, 0.29) is 41.8 Å². The number of rotatable bonds is 9. The molecule has 17 rings (SSSR count). The Morgan fingerprint density at radius 1 is 0.450 bits per heavy atom. The van der Waals surface area contributed by atoms with Crippen molar-refractivity contribution in [3.05, 3.63) is 83.6 Å². The van der Waals surface area contributed by atoms with Gasteiger partial charge >= 0.3 is 0 Å². The average molecular weight is 1090 g/mol. The highest BCUT2D eigenvalue weighted by Crippen LogP contribution is 2.82. The first-order chi connectivity index (χ1) is 38.7. The molecule has 0 bridgehead atoms. The van der Waals surface area contributed by atoms with Gasteiger partial charge in [-0.25, -0.2) is 0 Å². The lowest BCUT2D eigenvalue weighted by Crippen LogP contribution is -2.56. The minimum absolute atomic E-state index is 0.000368. The van der Waals surface area contributed by atoms with E-state index in [0.717, 1.165) is 119 Å². The lowest BCUT2D eigenvalue weighted by Gasteiger charge is -2.58. The van der Waals surface area contributed by atoms with Crippen LogP contribution in [0.4, 0.5) is 0 Å². The second kappa shape index (κ2) is 18.7. The van der Waals surface area contributed by atoms with Crippen LogP contribution in [-0.4, -0.2) is 84.6 Å². The van der Waals surface area contributed by atoms with Crippen molar-refractivity contribution in [1.29, 1.82) is 0 Å². The maximum atomic E-state index is 12.0.